The third-order valence-electron chi connectivity index (χ3n) is 5.79. The van der Waals surface area contributed by atoms with Crippen LogP contribution in [0.2, 0.25) is 0 Å². The Morgan fingerprint density at radius 1 is 0.394 bits per heavy atom. The van der Waals surface area contributed by atoms with Gasteiger partial charge in [0.15, 0.2) is 0 Å². The van der Waals surface area contributed by atoms with Crippen LogP contribution in [0.3, 0.4) is 0 Å². The summed E-state index contributed by atoms with van der Waals surface area (Å²) < 4.78 is 5.37. The van der Waals surface area contributed by atoms with Gasteiger partial charge >= 0.3 is 0 Å². The number of nitrogens with zero attached hydrogens (tertiary/aromatic N) is 1. The van der Waals surface area contributed by atoms with Gasteiger partial charge in [-0.05, 0) is 125 Å². The Balaban J connectivity index is 0.000000717. The van der Waals surface area contributed by atoms with Gasteiger partial charge in [0, 0.05) is 183 Å². The SMILES string of the molecule is C#CC#CC#CC#CC#CC#CC#CC#CC#CC#CC#CC#CC#CC#CC#CC#CC#CC#CC#CC#CC#CC#CC#CC#CC.COc1ccccc1-c1ccc2nc[nH]c2c1. The number of benzene rings is 2. The third kappa shape index (κ3) is 26.9. The minimum Gasteiger partial charge on any atom is -0.496 e. The molecule has 1 heterocycles. The Hall–Kier alpha value is -12.9. The number of rotatable bonds is 2. The Bertz CT molecular complexity index is 4030. The van der Waals surface area contributed by atoms with E-state index in [-0.39, 0.29) is 0 Å². The highest BCUT2D eigenvalue weighted by Crippen LogP contribution is 2.30. The molecule has 66 heavy (non-hydrogen) atoms. The number of methoxy groups -OCH3 is 1. The Labute approximate surface area is 388 Å². The molecule has 0 bridgehead atoms. The molecule has 284 valence electrons. The van der Waals surface area contributed by atoms with Crippen LogP contribution in [-0.2, 0) is 0 Å². The summed E-state index contributed by atoms with van der Waals surface area (Å²) in [4.78, 5) is 7.32. The molecule has 0 aliphatic carbocycles. The van der Waals surface area contributed by atoms with Crippen LogP contribution in [0, 0.1) is 285 Å². The molecule has 0 spiro atoms. The summed E-state index contributed by atoms with van der Waals surface area (Å²) in [6.45, 7) is 1.69. The van der Waals surface area contributed by atoms with Gasteiger partial charge in [0.25, 0.3) is 0 Å². The number of hydrogen-bond donors (Lipinski definition) is 1. The van der Waals surface area contributed by atoms with Crippen LogP contribution >= 0.6 is 0 Å². The molecule has 3 heteroatoms. The van der Waals surface area contributed by atoms with Crippen LogP contribution in [-0.4, -0.2) is 17.1 Å². The van der Waals surface area contributed by atoms with Crippen molar-refractivity contribution >= 4 is 11.0 Å². The number of ether oxygens (including phenoxy) is 1. The summed E-state index contributed by atoms with van der Waals surface area (Å²) in [5.41, 5.74) is 4.22. The normalized spacial score (nSPS) is 5.65. The second-order valence-electron chi connectivity index (χ2n) is 9.85. The van der Waals surface area contributed by atoms with Gasteiger partial charge in [-0.25, -0.2) is 4.98 Å². The van der Waals surface area contributed by atoms with E-state index in [9.17, 15) is 0 Å². The van der Waals surface area contributed by atoms with Crippen LogP contribution < -0.4 is 4.74 Å². The van der Waals surface area contributed by atoms with E-state index >= 15 is 0 Å². The molecule has 1 N–H and O–H groups in total. The Morgan fingerprint density at radius 2 is 0.697 bits per heavy atom. The van der Waals surface area contributed by atoms with Gasteiger partial charge in [0.1, 0.15) is 5.75 Å². The molecule has 0 unspecified atom stereocenters. The number of nitrogens with one attached hydrogen (secondary N) is 1. The van der Waals surface area contributed by atoms with Crippen molar-refractivity contribution in [1.29, 1.82) is 0 Å². The second-order valence-corrected chi connectivity index (χ2v) is 9.85. The number of hydrogen-bond acceptors (Lipinski definition) is 2. The molecular formula is C63H16N2O. The van der Waals surface area contributed by atoms with Crippen LogP contribution in [0.15, 0.2) is 48.8 Å². The first-order valence-electron chi connectivity index (χ1n) is 17.7. The first-order chi connectivity index (χ1) is 32.8. The topological polar surface area (TPSA) is 37.9 Å². The zero-order valence-corrected chi connectivity index (χ0v) is 34.6. The first-order valence-corrected chi connectivity index (χ1v) is 17.7. The fourth-order valence-electron chi connectivity index (χ4n) is 3.43. The molecule has 2 aromatic carbocycles. The van der Waals surface area contributed by atoms with Crippen molar-refractivity contribution in [3.63, 3.8) is 0 Å². The average Bonchev–Trinajstić information content (AvgIpc) is 3.82. The van der Waals surface area contributed by atoms with E-state index in [1.165, 1.54) is 0 Å². The van der Waals surface area contributed by atoms with Gasteiger partial charge in [-0.1, -0.05) is 30.2 Å². The van der Waals surface area contributed by atoms with E-state index in [2.05, 4.69) is 306 Å². The molecule has 1 aromatic heterocycles. The van der Waals surface area contributed by atoms with E-state index in [1.54, 1.807) is 20.4 Å². The number of aromatic nitrogens is 2. The van der Waals surface area contributed by atoms with Crippen molar-refractivity contribution in [2.24, 2.45) is 0 Å². The maximum Gasteiger partial charge on any atom is 0.126 e. The first kappa shape index (κ1) is 49.3. The second kappa shape index (κ2) is 37.7. The summed E-state index contributed by atoms with van der Waals surface area (Å²) in [7, 11) is 1.69. The van der Waals surface area contributed by atoms with Gasteiger partial charge in [0.2, 0.25) is 0 Å². The average molecular weight is 817 g/mol. The van der Waals surface area contributed by atoms with Crippen LogP contribution in [0.5, 0.6) is 5.75 Å². The quantitative estimate of drug-likeness (QED) is 0.399. The number of fused-ring (bicyclic) bond motifs is 1. The molecule has 3 rings (SSSR count). The Morgan fingerprint density at radius 3 is 1.00 bits per heavy atom. The Kier molecular flexibility index (Phi) is 28.2. The zero-order chi connectivity index (χ0) is 46.9. The minimum absolute atomic E-state index is 0.881. The lowest BCUT2D eigenvalue weighted by atomic mass is 10.0. The molecule has 3 nitrogen and oxygen atoms in total. The van der Waals surface area contributed by atoms with Gasteiger partial charge in [-0.15, -0.1) is 6.42 Å². The molecular weight excluding hydrogens is 801 g/mol. The molecule has 3 aromatic rings. The van der Waals surface area contributed by atoms with Gasteiger partial charge in [-0.3, -0.25) is 0 Å². The molecule has 0 radical (unpaired) electrons. The van der Waals surface area contributed by atoms with Crippen LogP contribution in [0.25, 0.3) is 22.2 Å². The van der Waals surface area contributed by atoms with Crippen molar-refractivity contribution in [3.05, 3.63) is 48.8 Å². The van der Waals surface area contributed by atoms with Crippen molar-refractivity contribution in [3.8, 4) is 302 Å². The van der Waals surface area contributed by atoms with E-state index in [4.69, 9.17) is 11.2 Å². The lowest BCUT2D eigenvalue weighted by molar-refractivity contribution is 0.416. The van der Waals surface area contributed by atoms with E-state index in [0.717, 1.165) is 27.9 Å². The lowest BCUT2D eigenvalue weighted by Gasteiger charge is -2.07. The molecule has 0 saturated heterocycles. The zero-order valence-electron chi connectivity index (χ0n) is 34.6. The van der Waals surface area contributed by atoms with Crippen molar-refractivity contribution in [2.75, 3.05) is 7.11 Å². The summed E-state index contributed by atoms with van der Waals surface area (Å²) >= 11 is 0. The monoisotopic (exact) mass is 816 g/mol. The lowest BCUT2D eigenvalue weighted by Crippen LogP contribution is -1.87. The van der Waals surface area contributed by atoms with Gasteiger partial charge < -0.3 is 9.72 Å². The maximum absolute atomic E-state index is 5.37. The molecule has 0 amide bonds. The number of terminal acetylenes is 1. The summed E-state index contributed by atoms with van der Waals surface area (Å²) in [5.74, 6) is 118. The summed E-state index contributed by atoms with van der Waals surface area (Å²) in [6, 6.07) is 14.1. The van der Waals surface area contributed by atoms with E-state index < -0.39 is 0 Å². The van der Waals surface area contributed by atoms with Gasteiger partial charge in [-0.2, -0.15) is 0 Å². The van der Waals surface area contributed by atoms with Crippen LogP contribution in [0.4, 0.5) is 0 Å². The van der Waals surface area contributed by atoms with Gasteiger partial charge in [0.05, 0.1) is 24.5 Å². The molecule has 0 saturated carbocycles. The minimum atomic E-state index is 0.881. The highest BCUT2D eigenvalue weighted by Gasteiger charge is 2.06. The molecule has 0 atom stereocenters. The highest BCUT2D eigenvalue weighted by atomic mass is 16.5. The maximum atomic E-state index is 5.37. The van der Waals surface area contributed by atoms with Crippen LogP contribution in [0.1, 0.15) is 6.92 Å². The summed E-state index contributed by atoms with van der Waals surface area (Å²) in [6.07, 6.45) is 6.64. The van der Waals surface area contributed by atoms with E-state index in [0.29, 0.717) is 0 Å². The fourth-order valence-corrected chi connectivity index (χ4v) is 3.43. The molecule has 0 aliphatic rings. The molecule has 0 aliphatic heterocycles. The molecule has 0 fully saturated rings. The third-order valence-corrected chi connectivity index (χ3v) is 5.79. The van der Waals surface area contributed by atoms with E-state index in [1.807, 2.05) is 24.3 Å². The number of H-pyrrole nitrogens is 1. The predicted octanol–water partition coefficient (Wildman–Crippen LogP) is 3.96. The van der Waals surface area contributed by atoms with Crippen molar-refractivity contribution < 1.29 is 4.74 Å². The highest BCUT2D eigenvalue weighted by molar-refractivity contribution is 5.83. The number of aromatic amines is 1. The van der Waals surface area contributed by atoms with Crippen molar-refractivity contribution in [1.82, 2.24) is 9.97 Å². The standard InChI is InChI=1S/C49H4.C14H12N2O/c1-3-5-7-9-11-13-15-17-19-21-23-25-27-29-31-33-35-37-39-41-43-45-47-49-48-46-44-42-40-38-36-34-32-30-28-26-24-22-20-18-16-14-12-10-8-6-4-2;1-17-14-5-3-2-4-11(14)10-6-7-12-13(8-10)16-9-15-12/h1H,2H3;2-9H,1H3,(H,15,16). The number of imidazole rings is 1. The summed E-state index contributed by atoms with van der Waals surface area (Å²) in [5, 5.41) is 0. The largest absolute Gasteiger partial charge is 0.496 e. The predicted molar refractivity (Wildman–Crippen MR) is 261 cm³/mol. The van der Waals surface area contributed by atoms with Crippen molar-refractivity contribution in [2.45, 2.75) is 6.92 Å². The smallest absolute Gasteiger partial charge is 0.126 e. The number of para-hydroxylation sites is 1. The fraction of sp³-hybridized carbons (Fsp3) is 0.0317.